The summed E-state index contributed by atoms with van der Waals surface area (Å²) in [4.78, 5) is 46.8. The van der Waals surface area contributed by atoms with Crippen molar-refractivity contribution in [3.05, 3.63) is 59.7 Å². The van der Waals surface area contributed by atoms with Crippen LogP contribution in [0.25, 0.3) is 0 Å². The quantitative estimate of drug-likeness (QED) is 0.485. The second-order valence-electron chi connectivity index (χ2n) is 6.69. The van der Waals surface area contributed by atoms with E-state index >= 15 is 0 Å². The second-order valence-corrected chi connectivity index (χ2v) is 7.67. The summed E-state index contributed by atoms with van der Waals surface area (Å²) in [5.74, 6) is -0.908. The van der Waals surface area contributed by atoms with Gasteiger partial charge in [0.15, 0.2) is 0 Å². The maximum absolute atomic E-state index is 12.1. The van der Waals surface area contributed by atoms with E-state index in [1.54, 1.807) is 24.3 Å². The largest absolute Gasteiger partial charge is 0.468 e. The number of aryl methyl sites for hydroxylation is 1. The maximum atomic E-state index is 12.1. The predicted octanol–water partition coefficient (Wildman–Crippen LogP) is 2.14. The Bertz CT molecular complexity index is 931. The van der Waals surface area contributed by atoms with Crippen molar-refractivity contribution in [1.29, 1.82) is 0 Å². The first kappa shape index (κ1) is 23.9. The second kappa shape index (κ2) is 12.4. The molecular formula is C22H25N3O5S. The van der Waals surface area contributed by atoms with E-state index in [9.17, 15) is 19.2 Å². The summed E-state index contributed by atoms with van der Waals surface area (Å²) in [6, 6.07) is 14.3. The highest BCUT2D eigenvalue weighted by molar-refractivity contribution is 8.00. The van der Waals surface area contributed by atoms with Gasteiger partial charge in [-0.2, -0.15) is 0 Å². The number of benzene rings is 2. The Kier molecular flexibility index (Phi) is 9.57. The van der Waals surface area contributed by atoms with E-state index in [2.05, 4.69) is 20.7 Å². The molecule has 2 rings (SSSR count). The molecule has 9 heteroatoms. The topological polar surface area (TPSA) is 114 Å². The average Bonchev–Trinajstić information content (AvgIpc) is 2.73. The monoisotopic (exact) mass is 443 g/mol. The zero-order chi connectivity index (χ0) is 22.6. The van der Waals surface area contributed by atoms with Crippen molar-refractivity contribution in [2.24, 2.45) is 0 Å². The van der Waals surface area contributed by atoms with Crippen molar-refractivity contribution in [2.75, 3.05) is 35.8 Å². The normalized spacial score (nSPS) is 10.1. The molecule has 0 aliphatic heterocycles. The van der Waals surface area contributed by atoms with Gasteiger partial charge >= 0.3 is 5.97 Å². The predicted molar refractivity (Wildman–Crippen MR) is 121 cm³/mol. The van der Waals surface area contributed by atoms with Gasteiger partial charge in [-0.1, -0.05) is 24.3 Å². The third kappa shape index (κ3) is 9.35. The molecule has 31 heavy (non-hydrogen) atoms. The van der Waals surface area contributed by atoms with E-state index in [-0.39, 0.29) is 42.2 Å². The number of anilines is 2. The molecule has 164 valence electrons. The molecule has 0 radical (unpaired) electrons. The number of amides is 3. The Morgan fingerprint density at radius 2 is 1.52 bits per heavy atom. The number of thioether (sulfide) groups is 1. The first-order chi connectivity index (χ1) is 14.9. The van der Waals surface area contributed by atoms with Crippen LogP contribution in [-0.4, -0.2) is 48.9 Å². The van der Waals surface area contributed by atoms with Gasteiger partial charge in [0.25, 0.3) is 0 Å². The molecule has 3 amide bonds. The number of hydrogen-bond donors (Lipinski definition) is 3. The van der Waals surface area contributed by atoms with Crippen molar-refractivity contribution >= 4 is 46.8 Å². The van der Waals surface area contributed by atoms with Gasteiger partial charge in [-0.3, -0.25) is 19.2 Å². The summed E-state index contributed by atoms with van der Waals surface area (Å²) < 4.78 is 4.46. The van der Waals surface area contributed by atoms with E-state index in [1.807, 2.05) is 31.2 Å². The molecule has 8 nitrogen and oxygen atoms in total. The fraction of sp³-hybridized carbons (Fsp3) is 0.273. The van der Waals surface area contributed by atoms with Gasteiger partial charge in [0.2, 0.25) is 17.7 Å². The highest BCUT2D eigenvalue weighted by atomic mass is 32.2. The molecule has 0 saturated carbocycles. The molecule has 2 aromatic rings. The number of hydrogen-bond acceptors (Lipinski definition) is 6. The molecule has 3 N–H and O–H groups in total. The van der Waals surface area contributed by atoms with Gasteiger partial charge in [0.05, 0.1) is 25.0 Å². The fourth-order valence-electron chi connectivity index (χ4n) is 2.55. The first-order valence-corrected chi connectivity index (χ1v) is 10.7. The molecule has 2 aromatic carbocycles. The summed E-state index contributed by atoms with van der Waals surface area (Å²) in [7, 11) is 1.25. The molecule has 0 spiro atoms. The van der Waals surface area contributed by atoms with Gasteiger partial charge in [0, 0.05) is 11.4 Å². The van der Waals surface area contributed by atoms with E-state index in [4.69, 9.17) is 0 Å². The number of rotatable bonds is 10. The van der Waals surface area contributed by atoms with Crippen LogP contribution in [0.3, 0.4) is 0 Å². The SMILES string of the molecule is COC(=O)CNC(=O)Cc1ccc(NC(=O)CSCC(=O)Nc2cccc(C)c2)cc1. The van der Waals surface area contributed by atoms with Gasteiger partial charge in [0.1, 0.15) is 6.54 Å². The van der Waals surface area contributed by atoms with Gasteiger partial charge < -0.3 is 20.7 Å². The fourth-order valence-corrected chi connectivity index (χ4v) is 3.17. The number of methoxy groups -OCH3 is 1. The third-order valence-corrected chi connectivity index (χ3v) is 4.96. The lowest BCUT2D eigenvalue weighted by Gasteiger charge is -2.08. The van der Waals surface area contributed by atoms with Crippen molar-refractivity contribution in [1.82, 2.24) is 5.32 Å². The van der Waals surface area contributed by atoms with E-state index in [0.717, 1.165) is 16.8 Å². The minimum atomic E-state index is -0.517. The van der Waals surface area contributed by atoms with Crippen LogP contribution in [0, 0.1) is 6.92 Å². The lowest BCUT2D eigenvalue weighted by molar-refractivity contribution is -0.141. The molecule has 0 aliphatic rings. The van der Waals surface area contributed by atoms with Crippen molar-refractivity contribution in [3.8, 4) is 0 Å². The minimum Gasteiger partial charge on any atom is -0.468 e. The van der Waals surface area contributed by atoms with Crippen LogP contribution in [0.5, 0.6) is 0 Å². The van der Waals surface area contributed by atoms with Crippen LogP contribution in [0.15, 0.2) is 48.5 Å². The van der Waals surface area contributed by atoms with Crippen molar-refractivity contribution in [3.63, 3.8) is 0 Å². The van der Waals surface area contributed by atoms with Crippen molar-refractivity contribution < 1.29 is 23.9 Å². The summed E-state index contributed by atoms with van der Waals surface area (Å²) >= 11 is 1.22. The number of nitrogens with one attached hydrogen (secondary N) is 3. The summed E-state index contributed by atoms with van der Waals surface area (Å²) in [5, 5.41) is 8.00. The highest BCUT2D eigenvalue weighted by Crippen LogP contribution is 2.13. The van der Waals surface area contributed by atoms with Crippen LogP contribution in [0.1, 0.15) is 11.1 Å². The van der Waals surface area contributed by atoms with E-state index < -0.39 is 5.97 Å². The molecule has 0 fully saturated rings. The number of esters is 1. The Morgan fingerprint density at radius 3 is 2.13 bits per heavy atom. The lowest BCUT2D eigenvalue weighted by Crippen LogP contribution is -2.31. The van der Waals surface area contributed by atoms with Gasteiger partial charge in [-0.05, 0) is 42.3 Å². The zero-order valence-electron chi connectivity index (χ0n) is 17.4. The summed E-state index contributed by atoms with van der Waals surface area (Å²) in [5.41, 5.74) is 3.11. The van der Waals surface area contributed by atoms with Crippen LogP contribution in [0.4, 0.5) is 11.4 Å². The van der Waals surface area contributed by atoms with Crippen LogP contribution < -0.4 is 16.0 Å². The standard InChI is InChI=1S/C22H25N3O5S/c1-15-4-3-5-18(10-15)25-21(28)14-31-13-20(27)24-17-8-6-16(7-9-17)11-19(26)23-12-22(29)30-2/h3-10H,11-14H2,1-2H3,(H,23,26)(H,24,27)(H,25,28). The smallest absolute Gasteiger partial charge is 0.325 e. The molecule has 0 bridgehead atoms. The number of ether oxygens (including phenoxy) is 1. The Labute approximate surface area is 185 Å². The minimum absolute atomic E-state index is 0.108. The zero-order valence-corrected chi connectivity index (χ0v) is 18.2. The van der Waals surface area contributed by atoms with Gasteiger partial charge in [-0.15, -0.1) is 11.8 Å². The summed E-state index contributed by atoms with van der Waals surface area (Å²) in [6.45, 7) is 1.77. The average molecular weight is 444 g/mol. The lowest BCUT2D eigenvalue weighted by atomic mass is 10.1. The van der Waals surface area contributed by atoms with E-state index in [0.29, 0.717) is 5.69 Å². The Hall–Kier alpha value is -3.33. The van der Waals surface area contributed by atoms with Crippen LogP contribution in [-0.2, 0) is 30.3 Å². The Balaban J connectivity index is 1.69. The molecule has 0 heterocycles. The van der Waals surface area contributed by atoms with Gasteiger partial charge in [-0.25, -0.2) is 0 Å². The number of carbonyl (C=O) groups excluding carboxylic acids is 4. The van der Waals surface area contributed by atoms with Crippen LogP contribution in [0.2, 0.25) is 0 Å². The van der Waals surface area contributed by atoms with E-state index in [1.165, 1.54) is 18.9 Å². The molecule has 0 unspecified atom stereocenters. The molecular weight excluding hydrogens is 418 g/mol. The Morgan fingerprint density at radius 1 is 0.871 bits per heavy atom. The third-order valence-electron chi connectivity index (χ3n) is 4.03. The maximum Gasteiger partial charge on any atom is 0.325 e. The molecule has 0 aliphatic carbocycles. The summed E-state index contributed by atoms with van der Waals surface area (Å²) in [6.07, 6.45) is 0.108. The number of carbonyl (C=O) groups is 4. The highest BCUT2D eigenvalue weighted by Gasteiger charge is 2.09. The first-order valence-electron chi connectivity index (χ1n) is 9.52. The molecule has 0 aromatic heterocycles. The molecule has 0 atom stereocenters. The van der Waals surface area contributed by atoms with Crippen molar-refractivity contribution in [2.45, 2.75) is 13.3 Å². The molecule has 0 saturated heterocycles. The van der Waals surface area contributed by atoms with Crippen LogP contribution >= 0.6 is 11.8 Å².